The molecule has 1 aliphatic heterocycles. The lowest BCUT2D eigenvalue weighted by atomic mass is 9.76. The number of allylic oxidation sites excluding steroid dienone is 3. The number of benzene rings is 1. The van der Waals surface area contributed by atoms with Crippen LogP contribution in [-0.4, -0.2) is 27.8 Å². The van der Waals surface area contributed by atoms with Gasteiger partial charge in [-0.15, -0.1) is 10.2 Å². The Morgan fingerprint density at radius 2 is 2.06 bits per heavy atom. The van der Waals surface area contributed by atoms with Crippen molar-refractivity contribution < 1.29 is 9.53 Å². The molecule has 1 aromatic carbocycles. The third kappa shape index (κ3) is 4.12. The predicted octanol–water partition coefficient (Wildman–Crippen LogP) is 4.74. The average Bonchev–Trinajstić information content (AvgIpc) is 3.21. The van der Waals surface area contributed by atoms with E-state index in [2.05, 4.69) is 30.1 Å². The Kier molecular flexibility index (Phi) is 6.53. The number of aromatic nitrogens is 2. The first kappa shape index (κ1) is 22.4. The average molecular weight is 468 g/mol. The molecule has 2 aromatic rings. The molecule has 1 atom stereocenters. The normalized spacial score (nSPS) is 18.8. The van der Waals surface area contributed by atoms with Crippen molar-refractivity contribution in [3.8, 4) is 11.8 Å². The highest BCUT2D eigenvalue weighted by Gasteiger charge is 2.41. The SMILES string of the molecule is CCOc1ccc(C2C(C#N)=C(N)N(c3nnc(SC(C)C)s3)C3=C2C(=O)CCC3)cc1. The smallest absolute Gasteiger partial charge is 0.219 e. The van der Waals surface area contributed by atoms with Crippen molar-refractivity contribution in [3.05, 3.63) is 52.5 Å². The Bertz CT molecular complexity index is 1130. The van der Waals surface area contributed by atoms with Crippen LogP contribution in [0.3, 0.4) is 0 Å². The number of ether oxygens (including phenoxy) is 1. The summed E-state index contributed by atoms with van der Waals surface area (Å²) in [6, 6.07) is 9.83. The second kappa shape index (κ2) is 9.35. The number of anilines is 1. The van der Waals surface area contributed by atoms with E-state index in [4.69, 9.17) is 10.5 Å². The van der Waals surface area contributed by atoms with Gasteiger partial charge in [0.25, 0.3) is 0 Å². The molecule has 0 saturated heterocycles. The van der Waals surface area contributed by atoms with Crippen LogP contribution in [0.4, 0.5) is 5.13 Å². The highest BCUT2D eigenvalue weighted by molar-refractivity contribution is 8.01. The number of hydrogen-bond donors (Lipinski definition) is 1. The van der Waals surface area contributed by atoms with Crippen LogP contribution >= 0.6 is 23.1 Å². The highest BCUT2D eigenvalue weighted by atomic mass is 32.2. The number of carbonyl (C=O) groups is 1. The summed E-state index contributed by atoms with van der Waals surface area (Å²) in [5.41, 5.74) is 9.25. The second-order valence-electron chi connectivity index (χ2n) is 7.84. The van der Waals surface area contributed by atoms with E-state index in [0.29, 0.717) is 46.8 Å². The Morgan fingerprint density at radius 3 is 2.72 bits per heavy atom. The maximum Gasteiger partial charge on any atom is 0.219 e. The molecule has 0 radical (unpaired) electrons. The minimum Gasteiger partial charge on any atom is -0.494 e. The van der Waals surface area contributed by atoms with E-state index in [1.54, 1.807) is 16.7 Å². The molecule has 0 amide bonds. The first-order valence-electron chi connectivity index (χ1n) is 10.6. The number of carbonyl (C=O) groups excluding carboxylic acids is 1. The zero-order chi connectivity index (χ0) is 22.8. The Hall–Kier alpha value is -2.83. The standard InChI is InChI=1S/C23H25N5O2S2/c1-4-30-15-10-8-14(9-11-15)19-16(12-24)21(25)28(17-6-5-7-18(29)20(17)19)22-26-27-23(32-22)31-13(2)3/h8-11,13,19H,4-7,25H2,1-3H3. The number of Topliss-reactive ketones (excluding diaryl/α,β-unsaturated/α-hetero) is 1. The van der Waals surface area contributed by atoms with Crippen molar-refractivity contribution >= 4 is 34.0 Å². The number of nitrogens with zero attached hydrogens (tertiary/aromatic N) is 4. The van der Waals surface area contributed by atoms with Crippen molar-refractivity contribution in [2.45, 2.75) is 55.5 Å². The number of hydrogen-bond acceptors (Lipinski definition) is 9. The highest BCUT2D eigenvalue weighted by Crippen LogP contribution is 2.47. The van der Waals surface area contributed by atoms with E-state index >= 15 is 0 Å². The summed E-state index contributed by atoms with van der Waals surface area (Å²) in [7, 11) is 0. The van der Waals surface area contributed by atoms with Crippen molar-refractivity contribution in [3.63, 3.8) is 0 Å². The Balaban J connectivity index is 1.83. The molecule has 2 N–H and O–H groups in total. The lowest BCUT2D eigenvalue weighted by Gasteiger charge is -2.38. The summed E-state index contributed by atoms with van der Waals surface area (Å²) in [6.07, 6.45) is 1.90. The molecule has 0 saturated carbocycles. The second-order valence-corrected chi connectivity index (χ2v) is 10.6. The minimum absolute atomic E-state index is 0.0525. The number of ketones is 1. The van der Waals surface area contributed by atoms with Gasteiger partial charge in [-0.1, -0.05) is 49.1 Å². The first-order chi connectivity index (χ1) is 15.4. The summed E-state index contributed by atoms with van der Waals surface area (Å²) >= 11 is 3.05. The van der Waals surface area contributed by atoms with Crippen LogP contribution < -0.4 is 15.4 Å². The van der Waals surface area contributed by atoms with Gasteiger partial charge in [0.1, 0.15) is 11.6 Å². The Morgan fingerprint density at radius 1 is 1.31 bits per heavy atom. The summed E-state index contributed by atoms with van der Waals surface area (Å²) in [4.78, 5) is 14.9. The van der Waals surface area contributed by atoms with Crippen LogP contribution in [0.2, 0.25) is 0 Å². The maximum absolute atomic E-state index is 13.2. The van der Waals surface area contributed by atoms with Gasteiger partial charge < -0.3 is 10.5 Å². The summed E-state index contributed by atoms with van der Waals surface area (Å²) in [5.74, 6) is 0.623. The fourth-order valence-electron chi connectivity index (χ4n) is 4.10. The molecule has 32 heavy (non-hydrogen) atoms. The van der Waals surface area contributed by atoms with Crippen molar-refractivity contribution in [2.24, 2.45) is 5.73 Å². The molecule has 1 aliphatic carbocycles. The van der Waals surface area contributed by atoms with E-state index in [9.17, 15) is 10.1 Å². The van der Waals surface area contributed by atoms with Crippen molar-refractivity contribution in [1.29, 1.82) is 5.26 Å². The predicted molar refractivity (Wildman–Crippen MR) is 126 cm³/mol. The van der Waals surface area contributed by atoms with Crippen LogP contribution in [-0.2, 0) is 4.79 Å². The molecule has 7 nitrogen and oxygen atoms in total. The topological polar surface area (TPSA) is 105 Å². The van der Waals surface area contributed by atoms with Gasteiger partial charge in [0.05, 0.1) is 24.2 Å². The molecule has 1 aromatic heterocycles. The number of nitrogens with two attached hydrogens (primary N) is 1. The first-order valence-corrected chi connectivity index (χ1v) is 12.3. The van der Waals surface area contributed by atoms with Crippen molar-refractivity contribution in [1.82, 2.24) is 10.2 Å². The molecule has 0 spiro atoms. The van der Waals surface area contributed by atoms with Gasteiger partial charge in [0.2, 0.25) is 5.13 Å². The van der Waals surface area contributed by atoms with Crippen LogP contribution in [0.15, 0.2) is 51.3 Å². The molecule has 2 heterocycles. The quantitative estimate of drug-likeness (QED) is 0.607. The van der Waals surface area contributed by atoms with Crippen LogP contribution in [0, 0.1) is 11.3 Å². The summed E-state index contributed by atoms with van der Waals surface area (Å²) in [5, 5.41) is 19.7. The van der Waals surface area contributed by atoms with Gasteiger partial charge in [-0.25, -0.2) is 0 Å². The molecule has 0 fully saturated rings. The van der Waals surface area contributed by atoms with Gasteiger partial charge in [0.15, 0.2) is 10.1 Å². The molecule has 2 aliphatic rings. The molecule has 4 rings (SSSR count). The van der Waals surface area contributed by atoms with Crippen molar-refractivity contribution in [2.75, 3.05) is 11.5 Å². The van der Waals surface area contributed by atoms with Crippen LogP contribution in [0.1, 0.15) is 51.5 Å². The Labute approximate surface area is 196 Å². The number of nitriles is 1. The molecule has 0 bridgehead atoms. The zero-order valence-corrected chi connectivity index (χ0v) is 19.9. The van der Waals surface area contributed by atoms with E-state index in [-0.39, 0.29) is 5.78 Å². The van der Waals surface area contributed by atoms with E-state index in [1.165, 1.54) is 11.3 Å². The van der Waals surface area contributed by atoms with Crippen LogP contribution in [0.25, 0.3) is 0 Å². The molecule has 166 valence electrons. The lowest BCUT2D eigenvalue weighted by Crippen LogP contribution is -2.38. The van der Waals surface area contributed by atoms with Gasteiger partial charge >= 0.3 is 0 Å². The minimum atomic E-state index is -0.493. The molecular weight excluding hydrogens is 442 g/mol. The van der Waals surface area contributed by atoms with Gasteiger partial charge in [-0.3, -0.25) is 9.69 Å². The monoisotopic (exact) mass is 467 g/mol. The molecule has 1 unspecified atom stereocenters. The summed E-state index contributed by atoms with van der Waals surface area (Å²) < 4.78 is 6.38. The largest absolute Gasteiger partial charge is 0.494 e. The van der Waals surface area contributed by atoms with E-state index in [1.807, 2.05) is 31.2 Å². The third-order valence-corrected chi connectivity index (χ3v) is 7.36. The zero-order valence-electron chi connectivity index (χ0n) is 18.3. The molecule has 9 heteroatoms. The van der Waals surface area contributed by atoms with Gasteiger partial charge in [-0.05, 0) is 37.5 Å². The third-order valence-electron chi connectivity index (χ3n) is 5.36. The van der Waals surface area contributed by atoms with E-state index < -0.39 is 5.92 Å². The lowest BCUT2D eigenvalue weighted by molar-refractivity contribution is -0.116. The number of thioether (sulfide) groups is 1. The molecular formula is C23H25N5O2S2. The summed E-state index contributed by atoms with van der Waals surface area (Å²) in [6.45, 7) is 6.69. The fourth-order valence-corrected chi connectivity index (χ4v) is 6.21. The number of rotatable bonds is 6. The van der Waals surface area contributed by atoms with E-state index in [0.717, 1.165) is 27.8 Å². The van der Waals surface area contributed by atoms with Crippen LogP contribution in [0.5, 0.6) is 5.75 Å². The fraction of sp³-hybridized carbons (Fsp3) is 0.391. The maximum atomic E-state index is 13.2. The van der Waals surface area contributed by atoms with Gasteiger partial charge in [-0.2, -0.15) is 5.26 Å². The van der Waals surface area contributed by atoms with Gasteiger partial charge in [0, 0.05) is 22.9 Å².